The second-order valence-electron chi connectivity index (χ2n) is 9.37. The van der Waals surface area contributed by atoms with Crippen molar-refractivity contribution in [3.8, 4) is 11.4 Å². The van der Waals surface area contributed by atoms with E-state index in [9.17, 15) is 4.79 Å². The molecule has 6 nitrogen and oxygen atoms in total. The van der Waals surface area contributed by atoms with Crippen molar-refractivity contribution >= 4 is 55.2 Å². The van der Waals surface area contributed by atoms with E-state index in [-0.39, 0.29) is 5.91 Å². The lowest BCUT2D eigenvalue weighted by Gasteiger charge is -2.42. The lowest BCUT2D eigenvalue weighted by Crippen LogP contribution is -2.56. The van der Waals surface area contributed by atoms with Gasteiger partial charge in [-0.05, 0) is 57.3 Å². The van der Waals surface area contributed by atoms with Crippen LogP contribution in [0.4, 0.5) is 0 Å². The molecule has 2 aromatic carbocycles. The van der Waals surface area contributed by atoms with Crippen LogP contribution in [0.1, 0.15) is 24.2 Å². The Hall–Kier alpha value is -2.32. The van der Waals surface area contributed by atoms with Gasteiger partial charge >= 0.3 is 0 Å². The first-order valence-corrected chi connectivity index (χ1v) is 12.8. The van der Waals surface area contributed by atoms with Crippen molar-refractivity contribution in [3.63, 3.8) is 0 Å². The van der Waals surface area contributed by atoms with E-state index in [1.165, 1.54) is 0 Å². The van der Waals surface area contributed by atoms with E-state index in [1.54, 1.807) is 0 Å². The van der Waals surface area contributed by atoms with Gasteiger partial charge in [-0.15, -0.1) is 0 Å². The zero-order valence-corrected chi connectivity index (χ0v) is 21.9. The van der Waals surface area contributed by atoms with Crippen molar-refractivity contribution < 1.29 is 4.79 Å². The number of amides is 1. The summed E-state index contributed by atoms with van der Waals surface area (Å²) in [7, 11) is 2.18. The van der Waals surface area contributed by atoms with Crippen LogP contribution in [0.5, 0.6) is 0 Å². The molecule has 0 spiro atoms. The maximum Gasteiger partial charge on any atom is 0.254 e. The van der Waals surface area contributed by atoms with Gasteiger partial charge in [0, 0.05) is 69.6 Å². The molecule has 1 saturated heterocycles. The van der Waals surface area contributed by atoms with Crippen LogP contribution < -0.4 is 5.32 Å². The van der Waals surface area contributed by atoms with Crippen molar-refractivity contribution in [2.75, 3.05) is 33.2 Å². The van der Waals surface area contributed by atoms with Crippen LogP contribution in [0, 0.1) is 0 Å². The van der Waals surface area contributed by atoms with Gasteiger partial charge < -0.3 is 20.2 Å². The third-order valence-electron chi connectivity index (χ3n) is 6.95. The summed E-state index contributed by atoms with van der Waals surface area (Å²) < 4.78 is 0.960. The molecule has 1 amide bonds. The Balaban J connectivity index is 1.43. The number of hydrogen-bond donors (Lipinski definition) is 3. The van der Waals surface area contributed by atoms with Crippen molar-refractivity contribution in [1.29, 1.82) is 0 Å². The normalized spacial score (nSPS) is 19.8. The minimum atomic E-state index is -0.0740. The third kappa shape index (κ3) is 4.50. The lowest BCUT2D eigenvalue weighted by atomic mass is 10.1. The van der Waals surface area contributed by atoms with E-state index in [0.29, 0.717) is 29.2 Å². The van der Waals surface area contributed by atoms with E-state index < -0.39 is 0 Å². The number of aromatic amines is 2. The summed E-state index contributed by atoms with van der Waals surface area (Å²) in [6.07, 6.45) is 0. The molecule has 0 aliphatic carbocycles. The average molecular weight is 543 g/mol. The van der Waals surface area contributed by atoms with E-state index in [1.807, 2.05) is 42.5 Å². The molecule has 4 aromatic rings. The molecule has 3 heterocycles. The van der Waals surface area contributed by atoms with Gasteiger partial charge in [0.2, 0.25) is 0 Å². The summed E-state index contributed by atoms with van der Waals surface area (Å²) in [5, 5.41) is 5.77. The predicted octanol–water partition coefficient (Wildman–Crippen LogP) is 5.49. The zero-order valence-electron chi connectivity index (χ0n) is 19.6. The van der Waals surface area contributed by atoms with Crippen LogP contribution in [0.2, 0.25) is 5.02 Å². The maximum absolute atomic E-state index is 13.5. The number of nitrogens with zero attached hydrogens (tertiary/aromatic N) is 2. The lowest BCUT2D eigenvalue weighted by molar-refractivity contribution is 0.0600. The summed E-state index contributed by atoms with van der Waals surface area (Å²) >= 11 is 9.73. The third-order valence-corrected chi connectivity index (χ3v) is 7.68. The Bertz CT molecular complexity index is 1360. The van der Waals surface area contributed by atoms with Gasteiger partial charge in [-0.25, -0.2) is 0 Å². The fourth-order valence-corrected chi connectivity index (χ4v) is 5.47. The Kier molecular flexibility index (Phi) is 6.46. The smallest absolute Gasteiger partial charge is 0.254 e. The molecule has 2 atom stereocenters. The van der Waals surface area contributed by atoms with Gasteiger partial charge in [0.05, 0.1) is 17.0 Å². The van der Waals surface area contributed by atoms with Gasteiger partial charge in [0.1, 0.15) is 0 Å². The molecule has 1 fully saturated rings. The largest absolute Gasteiger partial charge is 0.353 e. The molecule has 0 saturated carbocycles. The summed E-state index contributed by atoms with van der Waals surface area (Å²) in [5.74, 6) is -0.0740. The van der Waals surface area contributed by atoms with E-state index >= 15 is 0 Å². The Morgan fingerprint density at radius 2 is 1.91 bits per heavy atom. The summed E-state index contributed by atoms with van der Waals surface area (Å²) in [4.78, 5) is 25.3. The Morgan fingerprint density at radius 1 is 1.09 bits per heavy atom. The van der Waals surface area contributed by atoms with Gasteiger partial charge in [0.25, 0.3) is 5.91 Å². The number of H-pyrrole nitrogens is 2. The first-order valence-electron chi connectivity index (χ1n) is 11.6. The molecule has 1 aliphatic heterocycles. The second-order valence-corrected chi connectivity index (χ2v) is 10.7. The molecule has 2 aromatic heterocycles. The van der Waals surface area contributed by atoms with Crippen molar-refractivity contribution in [2.24, 2.45) is 0 Å². The predicted molar refractivity (Wildman–Crippen MR) is 144 cm³/mol. The number of fused-ring (bicyclic) bond motifs is 2. The quantitative estimate of drug-likeness (QED) is 0.313. The fraction of sp³-hybridized carbons (Fsp3) is 0.346. The van der Waals surface area contributed by atoms with E-state index in [4.69, 9.17) is 11.6 Å². The number of carbonyl (C=O) groups excluding carboxylic acids is 1. The number of hydrogen-bond acceptors (Lipinski definition) is 3. The SMILES string of the molecule is C[C@@H]1CN(CCNC(=O)c2c(-c3cc4cc(Cl)ccc4[nH]3)[nH]c3cc(Br)ccc23)[C@@H](C)CN1C. The van der Waals surface area contributed by atoms with Gasteiger partial charge in [0.15, 0.2) is 0 Å². The van der Waals surface area contributed by atoms with Gasteiger partial charge in [-0.1, -0.05) is 33.6 Å². The second kappa shape index (κ2) is 9.38. The van der Waals surface area contributed by atoms with Crippen LogP contribution in [-0.2, 0) is 0 Å². The summed E-state index contributed by atoms with van der Waals surface area (Å²) in [6, 6.07) is 14.7. The summed E-state index contributed by atoms with van der Waals surface area (Å²) in [6.45, 7) is 7.99. The number of rotatable bonds is 5. The van der Waals surface area contributed by atoms with Gasteiger partial charge in [-0.3, -0.25) is 9.69 Å². The maximum atomic E-state index is 13.5. The van der Waals surface area contributed by atoms with E-state index in [0.717, 1.165) is 57.3 Å². The fourth-order valence-electron chi connectivity index (χ4n) is 4.93. The highest BCUT2D eigenvalue weighted by Gasteiger charge is 2.27. The molecule has 0 bridgehead atoms. The summed E-state index contributed by atoms with van der Waals surface area (Å²) in [5.41, 5.74) is 4.17. The zero-order chi connectivity index (χ0) is 24.0. The topological polar surface area (TPSA) is 67.2 Å². The molecular formula is C26H29BrClN5O. The molecule has 5 rings (SSSR count). The molecule has 178 valence electrons. The minimum absolute atomic E-state index is 0.0740. The number of nitrogens with one attached hydrogen (secondary N) is 3. The number of likely N-dealkylation sites (N-methyl/N-ethyl adjacent to an activating group) is 1. The molecular weight excluding hydrogens is 514 g/mol. The highest BCUT2D eigenvalue weighted by Crippen LogP contribution is 2.33. The van der Waals surface area contributed by atoms with Crippen LogP contribution in [0.25, 0.3) is 33.2 Å². The molecule has 8 heteroatoms. The number of piperazine rings is 1. The number of carbonyl (C=O) groups is 1. The van der Waals surface area contributed by atoms with Gasteiger partial charge in [-0.2, -0.15) is 0 Å². The molecule has 34 heavy (non-hydrogen) atoms. The first-order chi connectivity index (χ1) is 16.3. The molecule has 1 aliphatic rings. The number of aromatic nitrogens is 2. The number of benzene rings is 2. The Labute approximate surface area is 212 Å². The molecule has 0 radical (unpaired) electrons. The number of halogens is 2. The van der Waals surface area contributed by atoms with Crippen molar-refractivity contribution in [3.05, 3.63) is 57.5 Å². The molecule has 3 N–H and O–H groups in total. The van der Waals surface area contributed by atoms with E-state index in [2.05, 4.69) is 61.9 Å². The van der Waals surface area contributed by atoms with Crippen molar-refractivity contribution in [1.82, 2.24) is 25.1 Å². The highest BCUT2D eigenvalue weighted by atomic mass is 79.9. The van der Waals surface area contributed by atoms with Crippen LogP contribution in [0.3, 0.4) is 0 Å². The monoisotopic (exact) mass is 541 g/mol. The van der Waals surface area contributed by atoms with Crippen LogP contribution in [0.15, 0.2) is 46.9 Å². The highest BCUT2D eigenvalue weighted by molar-refractivity contribution is 9.10. The van der Waals surface area contributed by atoms with Crippen LogP contribution in [-0.4, -0.2) is 71.0 Å². The standard InChI is InChI=1S/C26H29BrClN5O/c1-15-14-33(16(2)13-32(15)3)9-8-29-26(34)24-20-6-4-18(27)12-22(20)31-25(24)23-11-17-10-19(28)5-7-21(17)30-23/h4-7,10-12,15-16,30-31H,8-9,13-14H2,1-3H3,(H,29,34)/t15-,16+/m1/s1. The Morgan fingerprint density at radius 3 is 2.74 bits per heavy atom. The van der Waals surface area contributed by atoms with Crippen molar-refractivity contribution in [2.45, 2.75) is 25.9 Å². The average Bonchev–Trinajstić information content (AvgIpc) is 3.37. The van der Waals surface area contributed by atoms with Crippen LogP contribution >= 0.6 is 27.5 Å². The first kappa shape index (κ1) is 23.4. The minimum Gasteiger partial charge on any atom is -0.353 e. The molecule has 0 unspecified atom stereocenters.